The molecule has 0 heterocycles. The molecule has 0 radical (unpaired) electrons. The van der Waals surface area contributed by atoms with E-state index in [1.807, 2.05) is 36.4 Å². The van der Waals surface area contributed by atoms with Crippen LogP contribution in [-0.4, -0.2) is 26.2 Å². The summed E-state index contributed by atoms with van der Waals surface area (Å²) in [6, 6.07) is 14.5. The number of hydrogen-bond donors (Lipinski definition) is 0. The molecule has 0 atom stereocenters. The molecule has 146 valence electrons. The van der Waals surface area contributed by atoms with Crippen LogP contribution in [-0.2, 0) is 32.3 Å². The number of esters is 2. The van der Waals surface area contributed by atoms with E-state index in [0.717, 1.165) is 11.1 Å². The van der Waals surface area contributed by atoms with Crippen molar-refractivity contribution in [2.45, 2.75) is 13.2 Å². The predicted octanol–water partition coefficient (Wildman–Crippen LogP) is 3.60. The highest BCUT2D eigenvalue weighted by atomic mass is 16.5. The zero-order valence-corrected chi connectivity index (χ0v) is 15.8. The van der Waals surface area contributed by atoms with Crippen LogP contribution >= 0.6 is 0 Å². The summed E-state index contributed by atoms with van der Waals surface area (Å²) in [6.07, 6.45) is 5.27. The van der Waals surface area contributed by atoms with Gasteiger partial charge < -0.3 is 18.9 Å². The largest absolute Gasteiger partial charge is 0.496 e. The maximum absolute atomic E-state index is 11.7. The third-order valence-electron chi connectivity index (χ3n) is 3.70. The van der Waals surface area contributed by atoms with Gasteiger partial charge in [-0.2, -0.15) is 0 Å². The van der Waals surface area contributed by atoms with Crippen molar-refractivity contribution in [1.29, 1.82) is 0 Å². The lowest BCUT2D eigenvalue weighted by Crippen LogP contribution is -2.02. The van der Waals surface area contributed by atoms with Gasteiger partial charge in [0.25, 0.3) is 0 Å². The number of ether oxygens (including phenoxy) is 4. The molecule has 6 heteroatoms. The Morgan fingerprint density at radius 2 is 1.11 bits per heavy atom. The number of carbonyl (C=O) groups is 2. The van der Waals surface area contributed by atoms with Crippen LogP contribution in [0.2, 0.25) is 0 Å². The van der Waals surface area contributed by atoms with Gasteiger partial charge in [-0.15, -0.1) is 0 Å². The van der Waals surface area contributed by atoms with Crippen molar-refractivity contribution in [3.05, 3.63) is 84.0 Å². The van der Waals surface area contributed by atoms with Crippen molar-refractivity contribution in [2.24, 2.45) is 0 Å². The minimum Gasteiger partial charge on any atom is -0.496 e. The quantitative estimate of drug-likeness (QED) is 0.375. The van der Waals surface area contributed by atoms with Gasteiger partial charge in [0, 0.05) is 23.3 Å². The van der Waals surface area contributed by atoms with Crippen LogP contribution in [0.4, 0.5) is 0 Å². The molecule has 0 saturated carbocycles. The van der Waals surface area contributed by atoms with E-state index in [1.165, 1.54) is 24.3 Å². The third-order valence-corrected chi connectivity index (χ3v) is 3.70. The van der Waals surface area contributed by atoms with E-state index in [-0.39, 0.29) is 13.2 Å². The highest BCUT2D eigenvalue weighted by Gasteiger charge is 2.05. The average molecular weight is 382 g/mol. The van der Waals surface area contributed by atoms with Gasteiger partial charge in [0.2, 0.25) is 0 Å². The number of para-hydroxylation sites is 2. The van der Waals surface area contributed by atoms with Crippen molar-refractivity contribution in [2.75, 3.05) is 14.2 Å². The summed E-state index contributed by atoms with van der Waals surface area (Å²) < 4.78 is 20.7. The molecule has 2 aromatic carbocycles. The summed E-state index contributed by atoms with van der Waals surface area (Å²) in [5, 5.41) is 0. The molecule has 0 saturated heterocycles. The number of rotatable bonds is 9. The average Bonchev–Trinajstić information content (AvgIpc) is 2.74. The number of methoxy groups -OCH3 is 2. The Balaban J connectivity index is 1.75. The lowest BCUT2D eigenvalue weighted by Gasteiger charge is -2.07. The van der Waals surface area contributed by atoms with E-state index in [0.29, 0.717) is 11.5 Å². The molecule has 0 N–H and O–H groups in total. The molecule has 6 nitrogen and oxygen atoms in total. The third kappa shape index (κ3) is 6.64. The monoisotopic (exact) mass is 382 g/mol. The van der Waals surface area contributed by atoms with Gasteiger partial charge in [-0.1, -0.05) is 48.6 Å². The maximum Gasteiger partial charge on any atom is 0.331 e. The molecule has 0 aliphatic heterocycles. The predicted molar refractivity (Wildman–Crippen MR) is 104 cm³/mol. The minimum atomic E-state index is -0.530. The molecular formula is C22H22O6. The Bertz CT molecular complexity index is 782. The van der Waals surface area contributed by atoms with Crippen molar-refractivity contribution in [1.82, 2.24) is 0 Å². The maximum atomic E-state index is 11.7. The van der Waals surface area contributed by atoms with E-state index in [2.05, 4.69) is 0 Å². The van der Waals surface area contributed by atoms with Crippen molar-refractivity contribution in [3.8, 4) is 11.5 Å². The second-order valence-corrected chi connectivity index (χ2v) is 5.56. The van der Waals surface area contributed by atoms with Crippen molar-refractivity contribution < 1.29 is 28.5 Å². The Morgan fingerprint density at radius 3 is 1.50 bits per heavy atom. The van der Waals surface area contributed by atoms with Crippen LogP contribution in [0.3, 0.4) is 0 Å². The van der Waals surface area contributed by atoms with Crippen LogP contribution in [0.5, 0.6) is 11.5 Å². The molecule has 0 spiro atoms. The van der Waals surface area contributed by atoms with Gasteiger partial charge in [0.1, 0.15) is 24.7 Å². The second kappa shape index (κ2) is 11.2. The van der Waals surface area contributed by atoms with Gasteiger partial charge >= 0.3 is 11.9 Å². The zero-order valence-electron chi connectivity index (χ0n) is 15.8. The van der Waals surface area contributed by atoms with Crippen LogP contribution in [0.25, 0.3) is 0 Å². The van der Waals surface area contributed by atoms with Gasteiger partial charge in [0.15, 0.2) is 0 Å². The first-order valence-corrected chi connectivity index (χ1v) is 8.56. The SMILES string of the molecule is COc1ccccc1COC(=O)/C=C\C=C/C(=O)OCc1ccccc1OC. The minimum absolute atomic E-state index is 0.0951. The number of carbonyl (C=O) groups excluding carboxylic acids is 2. The molecule has 0 bridgehead atoms. The number of hydrogen-bond acceptors (Lipinski definition) is 6. The topological polar surface area (TPSA) is 71.1 Å². The molecule has 28 heavy (non-hydrogen) atoms. The summed E-state index contributed by atoms with van der Waals surface area (Å²) in [7, 11) is 3.11. The van der Waals surface area contributed by atoms with Gasteiger partial charge in [-0.3, -0.25) is 0 Å². The normalized spacial score (nSPS) is 10.8. The molecule has 0 amide bonds. The molecule has 0 unspecified atom stereocenters. The summed E-state index contributed by atoms with van der Waals surface area (Å²) in [5.74, 6) is 0.241. The number of benzene rings is 2. The van der Waals surface area contributed by atoms with Gasteiger partial charge in [-0.05, 0) is 12.1 Å². The Kier molecular flexibility index (Phi) is 8.33. The van der Waals surface area contributed by atoms with Crippen LogP contribution in [0.1, 0.15) is 11.1 Å². The lowest BCUT2D eigenvalue weighted by atomic mass is 10.2. The molecule has 0 aliphatic rings. The summed E-state index contributed by atoms with van der Waals surface area (Å²) in [6.45, 7) is 0.190. The second-order valence-electron chi connectivity index (χ2n) is 5.56. The van der Waals surface area contributed by atoms with Crippen LogP contribution in [0, 0.1) is 0 Å². The molecule has 0 aliphatic carbocycles. The van der Waals surface area contributed by atoms with E-state index >= 15 is 0 Å². The lowest BCUT2D eigenvalue weighted by molar-refractivity contribution is -0.140. The summed E-state index contributed by atoms with van der Waals surface area (Å²) in [4.78, 5) is 23.5. The molecular weight excluding hydrogens is 360 g/mol. The Labute approximate surface area is 164 Å². The standard InChI is InChI=1S/C22H22O6/c1-25-19-11-5-3-9-17(19)15-27-21(23)13-7-8-14-22(24)28-16-18-10-4-6-12-20(18)26-2/h3-14H,15-16H2,1-2H3/b13-7-,14-8-. The fraction of sp³-hybridized carbons (Fsp3) is 0.182. The summed E-state index contributed by atoms with van der Waals surface area (Å²) in [5.41, 5.74) is 1.53. The molecule has 2 aromatic rings. The highest BCUT2D eigenvalue weighted by Crippen LogP contribution is 2.18. The Morgan fingerprint density at radius 1 is 0.714 bits per heavy atom. The first-order chi connectivity index (χ1) is 13.6. The number of allylic oxidation sites excluding steroid dienone is 2. The Hall–Kier alpha value is -3.54. The van der Waals surface area contributed by atoms with Crippen molar-refractivity contribution >= 4 is 11.9 Å². The first kappa shape index (κ1) is 20.8. The fourth-order valence-corrected chi connectivity index (χ4v) is 2.31. The highest BCUT2D eigenvalue weighted by molar-refractivity contribution is 5.84. The van der Waals surface area contributed by atoms with E-state index in [4.69, 9.17) is 18.9 Å². The van der Waals surface area contributed by atoms with Crippen molar-refractivity contribution in [3.63, 3.8) is 0 Å². The molecule has 0 fully saturated rings. The van der Waals surface area contributed by atoms with Gasteiger partial charge in [0.05, 0.1) is 14.2 Å². The fourth-order valence-electron chi connectivity index (χ4n) is 2.31. The van der Waals surface area contributed by atoms with E-state index < -0.39 is 11.9 Å². The van der Waals surface area contributed by atoms with E-state index in [9.17, 15) is 9.59 Å². The van der Waals surface area contributed by atoms with Gasteiger partial charge in [-0.25, -0.2) is 9.59 Å². The van der Waals surface area contributed by atoms with Crippen LogP contribution < -0.4 is 9.47 Å². The summed E-state index contributed by atoms with van der Waals surface area (Å²) >= 11 is 0. The molecule has 0 aromatic heterocycles. The van der Waals surface area contributed by atoms with Crippen LogP contribution in [0.15, 0.2) is 72.8 Å². The molecule has 2 rings (SSSR count). The smallest absolute Gasteiger partial charge is 0.331 e. The van der Waals surface area contributed by atoms with E-state index in [1.54, 1.807) is 26.4 Å². The first-order valence-electron chi connectivity index (χ1n) is 8.56. The zero-order chi connectivity index (χ0) is 20.2.